The first-order valence-corrected chi connectivity index (χ1v) is 10.0. The van der Waals surface area contributed by atoms with Gasteiger partial charge in [0.2, 0.25) is 0 Å². The molecule has 0 aromatic rings. The molecule has 0 bridgehead atoms. The fraction of sp³-hybridized carbons (Fsp3) is 0.900. The molecule has 0 unspecified atom stereocenters. The van der Waals surface area contributed by atoms with Crippen LogP contribution in [0.1, 0.15) is 47.5 Å². The summed E-state index contributed by atoms with van der Waals surface area (Å²) in [7, 11) is 0. The van der Waals surface area contributed by atoms with Gasteiger partial charge < -0.3 is 29.5 Å². The van der Waals surface area contributed by atoms with Crippen LogP contribution >= 0.6 is 0 Å². The molecule has 10 atom stereocenters. The molecule has 0 radical (unpaired) electrons. The van der Waals surface area contributed by atoms with Crippen LogP contribution in [0, 0.1) is 23.7 Å². The molecular formula is C20H30O8. The number of esters is 2. The van der Waals surface area contributed by atoms with Gasteiger partial charge >= 0.3 is 11.9 Å². The van der Waals surface area contributed by atoms with Crippen molar-refractivity contribution in [2.45, 2.75) is 88.7 Å². The van der Waals surface area contributed by atoms with Gasteiger partial charge in [0.15, 0.2) is 0 Å². The topological polar surface area (TPSA) is 126 Å². The number of aliphatic hydroxyl groups excluding tert-OH is 1. The maximum absolute atomic E-state index is 12.4. The molecule has 0 aromatic carbocycles. The molecule has 158 valence electrons. The van der Waals surface area contributed by atoms with Crippen LogP contribution < -0.4 is 0 Å². The van der Waals surface area contributed by atoms with Gasteiger partial charge in [-0.3, -0.25) is 9.59 Å². The number of fused-ring (bicyclic) bond motifs is 2. The van der Waals surface area contributed by atoms with Crippen molar-refractivity contribution in [1.29, 1.82) is 0 Å². The maximum atomic E-state index is 12.4. The van der Waals surface area contributed by atoms with E-state index < -0.39 is 70.9 Å². The second-order valence-corrected chi connectivity index (χ2v) is 9.85. The molecule has 8 heteroatoms. The number of ether oxygens (including phenoxy) is 3. The first-order valence-electron chi connectivity index (χ1n) is 10.0. The van der Waals surface area contributed by atoms with Gasteiger partial charge in [0.1, 0.15) is 30.0 Å². The fourth-order valence-electron chi connectivity index (χ4n) is 5.94. The van der Waals surface area contributed by atoms with Crippen molar-refractivity contribution in [2.24, 2.45) is 23.7 Å². The van der Waals surface area contributed by atoms with E-state index in [1.807, 2.05) is 13.8 Å². The van der Waals surface area contributed by atoms with Crippen LogP contribution in [0.5, 0.6) is 0 Å². The number of aliphatic hydroxyl groups is 3. The Morgan fingerprint density at radius 1 is 1.32 bits per heavy atom. The predicted molar refractivity (Wildman–Crippen MR) is 94.8 cm³/mol. The van der Waals surface area contributed by atoms with Crippen molar-refractivity contribution in [3.05, 3.63) is 0 Å². The summed E-state index contributed by atoms with van der Waals surface area (Å²) in [5, 5.41) is 33.0. The Morgan fingerprint density at radius 3 is 2.57 bits per heavy atom. The van der Waals surface area contributed by atoms with Crippen LogP contribution in [0.2, 0.25) is 0 Å². The van der Waals surface area contributed by atoms with Crippen molar-refractivity contribution in [3.8, 4) is 0 Å². The largest absolute Gasteiger partial charge is 0.462 e. The van der Waals surface area contributed by atoms with Crippen molar-refractivity contribution < 1.29 is 39.1 Å². The summed E-state index contributed by atoms with van der Waals surface area (Å²) >= 11 is 0. The highest BCUT2D eigenvalue weighted by molar-refractivity contribution is 5.76. The third-order valence-electron chi connectivity index (χ3n) is 7.30. The van der Waals surface area contributed by atoms with Crippen LogP contribution in [0.25, 0.3) is 0 Å². The number of carbonyl (C=O) groups excluding carboxylic acids is 2. The van der Waals surface area contributed by atoms with E-state index in [-0.39, 0.29) is 18.8 Å². The van der Waals surface area contributed by atoms with E-state index in [9.17, 15) is 24.9 Å². The smallest absolute Gasteiger partial charge is 0.309 e. The van der Waals surface area contributed by atoms with Crippen LogP contribution in [-0.2, 0) is 23.8 Å². The average Bonchev–Trinajstić information content (AvgIpc) is 3.18. The normalized spacial score (nSPS) is 54.5. The Kier molecular flexibility index (Phi) is 4.23. The second-order valence-electron chi connectivity index (χ2n) is 9.85. The van der Waals surface area contributed by atoms with Gasteiger partial charge in [-0.1, -0.05) is 20.8 Å². The second kappa shape index (κ2) is 5.90. The average molecular weight is 398 g/mol. The number of hydrogen-bond donors (Lipinski definition) is 3. The van der Waals surface area contributed by atoms with E-state index in [0.717, 1.165) is 0 Å². The highest BCUT2D eigenvalue weighted by Gasteiger charge is 2.87. The van der Waals surface area contributed by atoms with Crippen molar-refractivity contribution in [1.82, 2.24) is 0 Å². The van der Waals surface area contributed by atoms with E-state index in [1.165, 1.54) is 6.92 Å². The van der Waals surface area contributed by atoms with E-state index in [2.05, 4.69) is 0 Å². The van der Waals surface area contributed by atoms with E-state index >= 15 is 0 Å². The van der Waals surface area contributed by atoms with Gasteiger partial charge in [-0.05, 0) is 19.8 Å². The zero-order valence-corrected chi connectivity index (χ0v) is 16.9. The van der Waals surface area contributed by atoms with Gasteiger partial charge in [0.25, 0.3) is 0 Å². The molecule has 2 aliphatic heterocycles. The monoisotopic (exact) mass is 398 g/mol. The third kappa shape index (κ3) is 2.44. The Bertz CT molecular complexity index is 700. The molecule has 4 aliphatic rings. The molecule has 2 saturated heterocycles. The highest BCUT2D eigenvalue weighted by atomic mass is 16.7. The summed E-state index contributed by atoms with van der Waals surface area (Å²) < 4.78 is 17.2. The molecule has 2 saturated carbocycles. The summed E-state index contributed by atoms with van der Waals surface area (Å²) in [5.41, 5.74) is -4.34. The molecule has 8 nitrogen and oxygen atoms in total. The van der Waals surface area contributed by atoms with E-state index in [4.69, 9.17) is 14.2 Å². The molecule has 0 aromatic heterocycles. The fourth-order valence-corrected chi connectivity index (χ4v) is 5.94. The first-order chi connectivity index (χ1) is 12.8. The van der Waals surface area contributed by atoms with Crippen molar-refractivity contribution in [3.63, 3.8) is 0 Å². The lowest BCUT2D eigenvalue weighted by Gasteiger charge is -2.40. The number of rotatable bonds is 3. The summed E-state index contributed by atoms with van der Waals surface area (Å²) in [6.07, 6.45) is -3.30. The first kappa shape index (κ1) is 20.1. The SMILES string of the molecule is CC(C)CC(=O)O[C@H]1C[C@@](C)(O)[C@@]23O[C@@H]2[C@H](O)[C@@](C)(O)[C@@H]3[C@H]2OC(=O)[C@@H](C)[C@@H]21. The quantitative estimate of drug-likeness (QED) is 0.453. The minimum atomic E-state index is -1.61. The van der Waals surface area contributed by atoms with Gasteiger partial charge in [-0.15, -0.1) is 0 Å². The molecular weight excluding hydrogens is 368 g/mol. The summed E-state index contributed by atoms with van der Waals surface area (Å²) in [6, 6.07) is 0. The zero-order chi connectivity index (χ0) is 20.8. The Morgan fingerprint density at radius 2 is 1.96 bits per heavy atom. The van der Waals surface area contributed by atoms with Crippen molar-refractivity contribution >= 4 is 11.9 Å². The van der Waals surface area contributed by atoms with E-state index in [0.29, 0.717) is 0 Å². The number of hydrogen-bond acceptors (Lipinski definition) is 8. The Labute approximate surface area is 164 Å². The van der Waals surface area contributed by atoms with Crippen LogP contribution in [0.15, 0.2) is 0 Å². The zero-order valence-electron chi connectivity index (χ0n) is 16.9. The Balaban J connectivity index is 1.76. The standard InChI is InChI=1S/C20H30O8/c1-8(2)6-11(21)26-10-7-18(4,24)20-14(13-12(10)9(3)17(23)27-13)19(5,25)15(22)16(20)28-20/h8-10,12-16,22,24-25H,6-7H2,1-5H3/t9-,10-,12+,13-,14-,15-,16+,18+,19-,20-/m0/s1. The van der Waals surface area contributed by atoms with Gasteiger partial charge in [0.05, 0.1) is 23.0 Å². The van der Waals surface area contributed by atoms with Gasteiger partial charge in [-0.2, -0.15) is 0 Å². The van der Waals surface area contributed by atoms with Crippen LogP contribution in [-0.4, -0.2) is 68.5 Å². The number of epoxide rings is 1. The molecule has 3 N–H and O–H groups in total. The molecule has 1 spiro atoms. The minimum absolute atomic E-state index is 0.0365. The van der Waals surface area contributed by atoms with Crippen LogP contribution in [0.3, 0.4) is 0 Å². The minimum Gasteiger partial charge on any atom is -0.462 e. The summed E-state index contributed by atoms with van der Waals surface area (Å²) in [5.74, 6) is -2.67. The number of carbonyl (C=O) groups is 2. The summed E-state index contributed by atoms with van der Waals surface area (Å²) in [4.78, 5) is 24.8. The third-order valence-corrected chi connectivity index (χ3v) is 7.30. The molecule has 4 rings (SSSR count). The van der Waals surface area contributed by atoms with Crippen LogP contribution in [0.4, 0.5) is 0 Å². The Hall–Kier alpha value is -1.22. The predicted octanol–water partition coefficient (Wildman–Crippen LogP) is 0.156. The van der Waals surface area contributed by atoms with Crippen molar-refractivity contribution in [2.75, 3.05) is 0 Å². The highest BCUT2D eigenvalue weighted by Crippen LogP contribution is 2.68. The van der Waals surface area contributed by atoms with Gasteiger partial charge in [-0.25, -0.2) is 0 Å². The maximum Gasteiger partial charge on any atom is 0.309 e. The summed E-state index contributed by atoms with van der Waals surface area (Å²) in [6.45, 7) is 8.57. The lowest BCUT2D eigenvalue weighted by atomic mass is 9.72. The molecule has 2 heterocycles. The molecule has 4 fully saturated rings. The lowest BCUT2D eigenvalue weighted by Crippen LogP contribution is -2.56. The molecule has 2 aliphatic carbocycles. The van der Waals surface area contributed by atoms with E-state index in [1.54, 1.807) is 13.8 Å². The lowest BCUT2D eigenvalue weighted by molar-refractivity contribution is -0.178. The molecule has 0 amide bonds. The molecule has 28 heavy (non-hydrogen) atoms. The van der Waals surface area contributed by atoms with Gasteiger partial charge in [0, 0.05) is 18.8 Å².